The second-order valence-corrected chi connectivity index (χ2v) is 7.52. The summed E-state index contributed by atoms with van der Waals surface area (Å²) in [4.78, 5) is 19.4. The van der Waals surface area contributed by atoms with Crippen molar-refractivity contribution in [2.24, 2.45) is 0 Å². The maximum atomic E-state index is 11.3. The monoisotopic (exact) mass is 309 g/mol. The van der Waals surface area contributed by atoms with Crippen LogP contribution in [0.4, 0.5) is 5.13 Å². The Morgan fingerprint density at radius 1 is 1.48 bits per heavy atom. The van der Waals surface area contributed by atoms with Crippen LogP contribution in [-0.4, -0.2) is 47.1 Å². The lowest BCUT2D eigenvalue weighted by molar-refractivity contribution is -0.139. The first-order valence-electron chi connectivity index (χ1n) is 7.65. The van der Waals surface area contributed by atoms with Crippen LogP contribution in [0.25, 0.3) is 0 Å². The van der Waals surface area contributed by atoms with E-state index in [1.807, 2.05) is 0 Å². The Morgan fingerprint density at radius 3 is 2.81 bits per heavy atom. The molecule has 1 fully saturated rings. The van der Waals surface area contributed by atoms with E-state index in [1.165, 1.54) is 19.3 Å². The molecule has 21 heavy (non-hydrogen) atoms. The van der Waals surface area contributed by atoms with Gasteiger partial charge in [-0.3, -0.25) is 4.79 Å². The number of aryl methyl sites for hydroxylation is 1. The van der Waals surface area contributed by atoms with Gasteiger partial charge in [0.1, 0.15) is 5.92 Å². The Balaban J connectivity index is 1.71. The van der Waals surface area contributed by atoms with Gasteiger partial charge in [0.05, 0.1) is 5.69 Å². The SMILES string of the molecule is CN(C)C1(CNc2nc3c(s2)CCCC3C(=O)O)CCC1. The molecule has 6 heteroatoms. The van der Waals surface area contributed by atoms with Crippen LogP contribution in [0.2, 0.25) is 0 Å². The van der Waals surface area contributed by atoms with Crippen LogP contribution in [0, 0.1) is 0 Å². The first-order chi connectivity index (χ1) is 10.0. The van der Waals surface area contributed by atoms with E-state index < -0.39 is 11.9 Å². The number of fused-ring (bicyclic) bond motifs is 1. The van der Waals surface area contributed by atoms with Crippen LogP contribution in [0.5, 0.6) is 0 Å². The van der Waals surface area contributed by atoms with Crippen LogP contribution < -0.4 is 5.32 Å². The Bertz CT molecular complexity index is 537. The van der Waals surface area contributed by atoms with Gasteiger partial charge in [-0.2, -0.15) is 0 Å². The van der Waals surface area contributed by atoms with E-state index in [9.17, 15) is 9.90 Å². The summed E-state index contributed by atoms with van der Waals surface area (Å²) in [5, 5.41) is 13.7. The van der Waals surface area contributed by atoms with E-state index >= 15 is 0 Å². The molecule has 1 unspecified atom stereocenters. The third-order valence-corrected chi connectivity index (χ3v) is 6.14. The highest BCUT2D eigenvalue weighted by molar-refractivity contribution is 7.15. The minimum atomic E-state index is -0.739. The zero-order valence-electron chi connectivity index (χ0n) is 12.7. The molecule has 5 nitrogen and oxygen atoms in total. The third-order valence-electron chi connectivity index (χ3n) is 5.05. The van der Waals surface area contributed by atoms with Gasteiger partial charge < -0.3 is 15.3 Å². The number of likely N-dealkylation sites (N-methyl/N-ethyl adjacent to an activating group) is 1. The second kappa shape index (κ2) is 5.57. The molecule has 0 radical (unpaired) electrons. The first-order valence-corrected chi connectivity index (χ1v) is 8.47. The Kier molecular flexibility index (Phi) is 3.92. The molecule has 2 aliphatic carbocycles. The average molecular weight is 309 g/mol. The topological polar surface area (TPSA) is 65.5 Å². The lowest BCUT2D eigenvalue weighted by Crippen LogP contribution is -2.54. The van der Waals surface area contributed by atoms with E-state index in [4.69, 9.17) is 0 Å². The summed E-state index contributed by atoms with van der Waals surface area (Å²) in [6.07, 6.45) is 6.36. The number of nitrogens with zero attached hydrogens (tertiary/aromatic N) is 2. The van der Waals surface area contributed by atoms with Gasteiger partial charge in [-0.1, -0.05) is 0 Å². The molecule has 0 aliphatic heterocycles. The van der Waals surface area contributed by atoms with Crippen molar-refractivity contribution >= 4 is 22.4 Å². The van der Waals surface area contributed by atoms with Crippen molar-refractivity contribution in [3.05, 3.63) is 10.6 Å². The van der Waals surface area contributed by atoms with Crippen molar-refractivity contribution in [3.8, 4) is 0 Å². The predicted molar refractivity (Wildman–Crippen MR) is 84.2 cm³/mol. The van der Waals surface area contributed by atoms with E-state index in [2.05, 4.69) is 29.3 Å². The number of carboxylic acids is 1. The fourth-order valence-corrected chi connectivity index (χ4v) is 4.40. The standard InChI is InChI=1S/C15H23N3O2S/c1-18(2)15(7-4-8-15)9-16-14-17-12-10(13(19)20)5-3-6-11(12)21-14/h10H,3-9H2,1-2H3,(H,16,17)(H,19,20). The third kappa shape index (κ3) is 2.66. The van der Waals surface area contributed by atoms with Crippen LogP contribution in [0.15, 0.2) is 0 Å². The number of hydrogen-bond acceptors (Lipinski definition) is 5. The maximum Gasteiger partial charge on any atom is 0.312 e. The zero-order valence-corrected chi connectivity index (χ0v) is 13.5. The number of aliphatic carboxylic acids is 1. The van der Waals surface area contributed by atoms with Gasteiger partial charge in [-0.25, -0.2) is 4.98 Å². The molecule has 2 aliphatic rings. The van der Waals surface area contributed by atoms with Crippen molar-refractivity contribution in [1.29, 1.82) is 0 Å². The van der Waals surface area contributed by atoms with Gasteiger partial charge in [-0.15, -0.1) is 11.3 Å². The van der Waals surface area contributed by atoms with Gasteiger partial charge in [-0.05, 0) is 52.6 Å². The number of hydrogen-bond donors (Lipinski definition) is 2. The molecule has 3 rings (SSSR count). The van der Waals surface area contributed by atoms with Crippen LogP contribution >= 0.6 is 11.3 Å². The molecule has 1 aromatic rings. The molecule has 1 saturated carbocycles. The quantitative estimate of drug-likeness (QED) is 0.875. The number of rotatable bonds is 5. The second-order valence-electron chi connectivity index (χ2n) is 6.44. The maximum absolute atomic E-state index is 11.3. The van der Waals surface area contributed by atoms with Crippen molar-refractivity contribution in [1.82, 2.24) is 9.88 Å². The zero-order chi connectivity index (χ0) is 15.0. The normalized spacial score (nSPS) is 23.5. The van der Waals surface area contributed by atoms with E-state index in [-0.39, 0.29) is 5.54 Å². The number of carboxylic acid groups (broad SMARTS) is 1. The van der Waals surface area contributed by atoms with E-state index in [0.717, 1.165) is 35.1 Å². The summed E-state index contributed by atoms with van der Waals surface area (Å²) >= 11 is 1.64. The summed E-state index contributed by atoms with van der Waals surface area (Å²) in [5.41, 5.74) is 1.05. The average Bonchev–Trinajstić information content (AvgIpc) is 2.79. The van der Waals surface area contributed by atoms with Gasteiger partial charge in [0, 0.05) is 17.0 Å². The van der Waals surface area contributed by atoms with Crippen molar-refractivity contribution in [3.63, 3.8) is 0 Å². The van der Waals surface area contributed by atoms with Gasteiger partial charge in [0.2, 0.25) is 0 Å². The predicted octanol–water partition coefficient (Wildman–Crippen LogP) is 2.54. The molecule has 0 amide bonds. The summed E-state index contributed by atoms with van der Waals surface area (Å²) < 4.78 is 0. The molecule has 0 spiro atoms. The number of thiazole rings is 1. The fraction of sp³-hybridized carbons (Fsp3) is 0.733. The molecular formula is C15H23N3O2S. The number of carbonyl (C=O) groups is 1. The van der Waals surface area contributed by atoms with Crippen LogP contribution in [-0.2, 0) is 11.2 Å². The molecule has 1 aromatic heterocycles. The lowest BCUT2D eigenvalue weighted by Gasteiger charge is -2.47. The molecule has 0 bridgehead atoms. The van der Waals surface area contributed by atoms with Crippen LogP contribution in [0.1, 0.15) is 48.6 Å². The molecule has 0 aromatic carbocycles. The molecule has 116 valence electrons. The molecule has 0 saturated heterocycles. The number of anilines is 1. The van der Waals surface area contributed by atoms with Crippen LogP contribution in [0.3, 0.4) is 0 Å². The minimum absolute atomic E-state index is 0.248. The Labute approximate surface area is 129 Å². The summed E-state index contributed by atoms with van der Waals surface area (Å²) in [6, 6.07) is 0. The lowest BCUT2D eigenvalue weighted by atomic mass is 9.75. The smallest absolute Gasteiger partial charge is 0.312 e. The summed E-state index contributed by atoms with van der Waals surface area (Å²) in [6.45, 7) is 0.893. The highest BCUT2D eigenvalue weighted by atomic mass is 32.1. The largest absolute Gasteiger partial charge is 0.481 e. The van der Waals surface area contributed by atoms with Crippen molar-refractivity contribution in [2.75, 3.05) is 26.0 Å². The Hall–Kier alpha value is -1.14. The highest BCUT2D eigenvalue weighted by Gasteiger charge is 2.39. The molecular weight excluding hydrogens is 286 g/mol. The summed E-state index contributed by atoms with van der Waals surface area (Å²) in [7, 11) is 4.27. The fourth-order valence-electron chi connectivity index (χ4n) is 3.34. The number of nitrogens with one attached hydrogen (secondary N) is 1. The van der Waals surface area contributed by atoms with Crippen molar-refractivity contribution in [2.45, 2.75) is 50.0 Å². The van der Waals surface area contributed by atoms with Gasteiger partial charge >= 0.3 is 5.97 Å². The van der Waals surface area contributed by atoms with Gasteiger partial charge in [0.15, 0.2) is 5.13 Å². The molecule has 1 heterocycles. The van der Waals surface area contributed by atoms with Crippen molar-refractivity contribution < 1.29 is 9.90 Å². The van der Waals surface area contributed by atoms with E-state index in [1.54, 1.807) is 11.3 Å². The molecule has 1 atom stereocenters. The first kappa shape index (κ1) is 14.8. The summed E-state index contributed by atoms with van der Waals surface area (Å²) in [5.74, 6) is -1.15. The minimum Gasteiger partial charge on any atom is -0.481 e. The highest BCUT2D eigenvalue weighted by Crippen LogP contribution is 2.39. The van der Waals surface area contributed by atoms with Gasteiger partial charge in [0.25, 0.3) is 0 Å². The Morgan fingerprint density at radius 2 is 2.24 bits per heavy atom. The number of aromatic nitrogens is 1. The van der Waals surface area contributed by atoms with E-state index in [0.29, 0.717) is 6.42 Å². The molecule has 2 N–H and O–H groups in total.